The first-order valence-corrected chi connectivity index (χ1v) is 6.60. The number of hydrogen-bond acceptors (Lipinski definition) is 4. The zero-order valence-corrected chi connectivity index (χ0v) is 11.5. The third kappa shape index (κ3) is 2.09. The summed E-state index contributed by atoms with van der Waals surface area (Å²) >= 11 is 0. The van der Waals surface area contributed by atoms with Gasteiger partial charge in [-0.2, -0.15) is 0 Å². The van der Waals surface area contributed by atoms with Crippen LogP contribution in [0.4, 0.5) is 5.82 Å². The average molecular weight is 268 g/mol. The van der Waals surface area contributed by atoms with Gasteiger partial charge in [0.25, 0.3) is 0 Å². The van der Waals surface area contributed by atoms with Gasteiger partial charge in [-0.15, -0.1) is 0 Å². The summed E-state index contributed by atoms with van der Waals surface area (Å²) < 4.78 is 11.1. The molecule has 3 aromatic rings. The Balaban J connectivity index is 2.14. The number of hydrogen-bond donors (Lipinski definition) is 1. The van der Waals surface area contributed by atoms with Crippen molar-refractivity contribution in [2.75, 3.05) is 5.73 Å². The van der Waals surface area contributed by atoms with Crippen molar-refractivity contribution >= 4 is 5.82 Å². The molecule has 0 aliphatic carbocycles. The monoisotopic (exact) mass is 268 g/mol. The molecule has 4 heteroatoms. The van der Waals surface area contributed by atoms with Gasteiger partial charge in [0, 0.05) is 6.42 Å². The second kappa shape index (κ2) is 4.89. The molecule has 2 heterocycles. The van der Waals surface area contributed by atoms with Crippen LogP contribution in [0.3, 0.4) is 0 Å². The quantitative estimate of drug-likeness (QED) is 0.778. The molecule has 3 rings (SSSR count). The summed E-state index contributed by atoms with van der Waals surface area (Å²) in [7, 11) is 0. The fraction of sp³-hybridized carbons (Fsp3) is 0.188. The maximum absolute atomic E-state index is 5.95. The van der Waals surface area contributed by atoms with Crippen molar-refractivity contribution in [3.8, 4) is 22.6 Å². The summed E-state index contributed by atoms with van der Waals surface area (Å²) in [6.07, 6.45) is 0.837. The van der Waals surface area contributed by atoms with Crippen molar-refractivity contribution in [2.45, 2.75) is 20.3 Å². The van der Waals surface area contributed by atoms with Crippen molar-refractivity contribution in [3.63, 3.8) is 0 Å². The molecule has 2 N–H and O–H groups in total. The molecule has 0 bridgehead atoms. The summed E-state index contributed by atoms with van der Waals surface area (Å²) in [5, 5.41) is 3.88. The lowest BCUT2D eigenvalue weighted by molar-refractivity contribution is 0.417. The number of nitrogen functional groups attached to an aromatic ring is 1. The van der Waals surface area contributed by atoms with Crippen molar-refractivity contribution < 1.29 is 8.94 Å². The molecular formula is C16H16N2O2. The molecule has 0 aliphatic rings. The van der Waals surface area contributed by atoms with Gasteiger partial charge in [0.2, 0.25) is 5.76 Å². The Morgan fingerprint density at radius 3 is 2.75 bits per heavy atom. The zero-order valence-electron chi connectivity index (χ0n) is 11.5. The first-order chi connectivity index (χ1) is 9.69. The fourth-order valence-electron chi connectivity index (χ4n) is 2.24. The number of aryl methyl sites for hydroxylation is 2. The highest BCUT2D eigenvalue weighted by Gasteiger charge is 2.20. The largest absolute Gasteiger partial charge is 0.458 e. The van der Waals surface area contributed by atoms with E-state index in [1.165, 1.54) is 0 Å². The normalized spacial score (nSPS) is 10.9. The summed E-state index contributed by atoms with van der Waals surface area (Å²) in [6, 6.07) is 11.9. The first kappa shape index (κ1) is 12.5. The van der Waals surface area contributed by atoms with Crippen LogP contribution >= 0.6 is 0 Å². The lowest BCUT2D eigenvalue weighted by Crippen LogP contribution is -1.89. The molecule has 2 aromatic heterocycles. The molecule has 0 aliphatic heterocycles. The number of anilines is 1. The lowest BCUT2D eigenvalue weighted by Gasteiger charge is -2.02. The van der Waals surface area contributed by atoms with E-state index in [-0.39, 0.29) is 0 Å². The predicted octanol–water partition coefficient (Wildman–Crippen LogP) is 4.05. The summed E-state index contributed by atoms with van der Waals surface area (Å²) in [6.45, 7) is 4.08. The van der Waals surface area contributed by atoms with Crippen molar-refractivity contribution in [1.82, 2.24) is 5.16 Å². The highest BCUT2D eigenvalue weighted by molar-refractivity contribution is 5.85. The minimum atomic E-state index is 0.375. The molecule has 4 nitrogen and oxygen atoms in total. The number of furan rings is 1. The Kier molecular flexibility index (Phi) is 3.06. The highest BCUT2D eigenvalue weighted by atomic mass is 16.5. The van der Waals surface area contributed by atoms with Crippen LogP contribution in [0.15, 0.2) is 45.3 Å². The van der Waals surface area contributed by atoms with Gasteiger partial charge in [0.05, 0.1) is 5.56 Å². The standard InChI is InChI=1S/C16H16N2O2/c1-3-12-7-8-13(19-12)15-14(16(17)18-20-15)11-6-4-5-10(2)9-11/h4-9H,3H2,1-2H3,(H2,17,18). The van der Waals surface area contributed by atoms with Crippen LogP contribution in [0, 0.1) is 6.92 Å². The van der Waals surface area contributed by atoms with E-state index in [9.17, 15) is 0 Å². The van der Waals surface area contributed by atoms with E-state index in [1.807, 2.05) is 44.2 Å². The topological polar surface area (TPSA) is 65.2 Å². The Hall–Kier alpha value is -2.49. The van der Waals surface area contributed by atoms with Crippen LogP contribution in [0.25, 0.3) is 22.6 Å². The van der Waals surface area contributed by atoms with E-state index in [0.29, 0.717) is 17.3 Å². The zero-order chi connectivity index (χ0) is 14.1. The minimum Gasteiger partial charge on any atom is -0.458 e. The highest BCUT2D eigenvalue weighted by Crippen LogP contribution is 2.37. The van der Waals surface area contributed by atoms with Crippen LogP contribution < -0.4 is 5.73 Å². The summed E-state index contributed by atoms with van der Waals surface area (Å²) in [5.41, 5.74) is 8.87. The Morgan fingerprint density at radius 1 is 1.20 bits per heavy atom. The molecule has 0 fully saturated rings. The third-order valence-electron chi connectivity index (χ3n) is 3.26. The van der Waals surface area contributed by atoms with Gasteiger partial charge in [0.1, 0.15) is 5.76 Å². The second-order valence-electron chi connectivity index (χ2n) is 4.76. The van der Waals surface area contributed by atoms with E-state index in [1.54, 1.807) is 0 Å². The number of benzene rings is 1. The van der Waals surface area contributed by atoms with Gasteiger partial charge in [-0.1, -0.05) is 41.9 Å². The van der Waals surface area contributed by atoms with Crippen molar-refractivity contribution in [3.05, 3.63) is 47.7 Å². The maximum Gasteiger partial charge on any atom is 0.212 e. The van der Waals surface area contributed by atoms with Gasteiger partial charge in [-0.25, -0.2) is 0 Å². The van der Waals surface area contributed by atoms with Crippen LogP contribution in [0.5, 0.6) is 0 Å². The maximum atomic E-state index is 5.95. The first-order valence-electron chi connectivity index (χ1n) is 6.60. The molecular weight excluding hydrogens is 252 g/mol. The van der Waals surface area contributed by atoms with Crippen LogP contribution in [-0.2, 0) is 6.42 Å². The van der Waals surface area contributed by atoms with E-state index in [4.69, 9.17) is 14.7 Å². The molecule has 0 amide bonds. The van der Waals surface area contributed by atoms with Crippen LogP contribution in [0.2, 0.25) is 0 Å². The lowest BCUT2D eigenvalue weighted by atomic mass is 10.0. The summed E-state index contributed by atoms with van der Waals surface area (Å²) in [5.74, 6) is 2.51. The Bertz CT molecular complexity index is 741. The molecule has 1 aromatic carbocycles. The average Bonchev–Trinajstić information content (AvgIpc) is 3.04. The van der Waals surface area contributed by atoms with Gasteiger partial charge >= 0.3 is 0 Å². The molecule has 0 saturated heterocycles. The number of nitrogens with zero attached hydrogens (tertiary/aromatic N) is 1. The van der Waals surface area contributed by atoms with Gasteiger partial charge < -0.3 is 14.7 Å². The minimum absolute atomic E-state index is 0.375. The van der Waals surface area contributed by atoms with Crippen LogP contribution in [0.1, 0.15) is 18.2 Å². The van der Waals surface area contributed by atoms with E-state index >= 15 is 0 Å². The number of rotatable bonds is 3. The molecule has 102 valence electrons. The number of aromatic nitrogens is 1. The second-order valence-corrected chi connectivity index (χ2v) is 4.76. The molecule has 0 atom stereocenters. The van der Waals surface area contributed by atoms with Gasteiger partial charge in [-0.05, 0) is 24.6 Å². The van der Waals surface area contributed by atoms with E-state index < -0.39 is 0 Å². The van der Waals surface area contributed by atoms with E-state index in [2.05, 4.69) is 11.2 Å². The molecule has 0 saturated carbocycles. The Labute approximate surface area is 117 Å². The van der Waals surface area contributed by atoms with E-state index in [0.717, 1.165) is 28.9 Å². The van der Waals surface area contributed by atoms with Crippen molar-refractivity contribution in [1.29, 1.82) is 0 Å². The molecule has 0 unspecified atom stereocenters. The predicted molar refractivity (Wildman–Crippen MR) is 78.2 cm³/mol. The molecule has 20 heavy (non-hydrogen) atoms. The number of nitrogens with two attached hydrogens (primary N) is 1. The smallest absolute Gasteiger partial charge is 0.212 e. The molecule has 0 spiro atoms. The van der Waals surface area contributed by atoms with Crippen LogP contribution in [-0.4, -0.2) is 5.16 Å². The Morgan fingerprint density at radius 2 is 2.05 bits per heavy atom. The van der Waals surface area contributed by atoms with Gasteiger partial charge in [0.15, 0.2) is 11.6 Å². The third-order valence-corrected chi connectivity index (χ3v) is 3.26. The summed E-state index contributed by atoms with van der Waals surface area (Å²) in [4.78, 5) is 0. The van der Waals surface area contributed by atoms with Gasteiger partial charge in [-0.3, -0.25) is 0 Å². The fourth-order valence-corrected chi connectivity index (χ4v) is 2.24. The molecule has 0 radical (unpaired) electrons. The van der Waals surface area contributed by atoms with Crippen molar-refractivity contribution in [2.24, 2.45) is 0 Å². The SMILES string of the molecule is CCc1ccc(-c2onc(N)c2-c2cccc(C)c2)o1.